The Morgan fingerprint density at radius 2 is 1.73 bits per heavy atom. The highest BCUT2D eigenvalue weighted by Gasteiger charge is 2.28. The van der Waals surface area contributed by atoms with Crippen LogP contribution in [0, 0.1) is 0 Å². The summed E-state index contributed by atoms with van der Waals surface area (Å²) in [7, 11) is 0. The van der Waals surface area contributed by atoms with E-state index in [1.165, 1.54) is 0 Å². The molecule has 0 radical (unpaired) electrons. The maximum atomic E-state index is 11.3. The van der Waals surface area contributed by atoms with Gasteiger partial charge in [-0.1, -0.05) is 15.9 Å². The van der Waals surface area contributed by atoms with Crippen LogP contribution in [0.2, 0.25) is 0 Å². The molecule has 0 spiro atoms. The van der Waals surface area contributed by atoms with Gasteiger partial charge in [0, 0.05) is 5.33 Å². The number of alkyl halides is 4. The van der Waals surface area contributed by atoms with Crippen LogP contribution in [-0.2, 0) is 9.47 Å². The summed E-state index contributed by atoms with van der Waals surface area (Å²) in [5.41, 5.74) is 0. The summed E-state index contributed by atoms with van der Waals surface area (Å²) in [4.78, 5) is 0. The molecule has 2 nitrogen and oxygen atoms in total. The first-order chi connectivity index (χ1) is 5.06. The van der Waals surface area contributed by atoms with E-state index in [2.05, 4.69) is 20.7 Å². The summed E-state index contributed by atoms with van der Waals surface area (Å²) in [6.07, 6.45) is -4.54. The van der Waals surface area contributed by atoms with Crippen LogP contribution in [0.25, 0.3) is 0 Å². The molecular weight excluding hydrogens is 229 g/mol. The Kier molecular flexibility index (Phi) is 5.89. The van der Waals surface area contributed by atoms with Crippen LogP contribution >= 0.6 is 15.9 Å². The zero-order chi connectivity index (χ0) is 8.74. The van der Waals surface area contributed by atoms with Crippen LogP contribution in [0.3, 0.4) is 0 Å². The third-order valence-corrected chi connectivity index (χ3v) is 1.04. The molecule has 0 heterocycles. The van der Waals surface area contributed by atoms with Gasteiger partial charge in [0.05, 0.1) is 19.8 Å². The zero-order valence-corrected chi connectivity index (χ0v) is 7.24. The van der Waals surface area contributed by atoms with Gasteiger partial charge in [0.25, 0.3) is 0 Å². The summed E-state index contributed by atoms with van der Waals surface area (Å²) in [6.45, 7) is -0.0944. The normalized spacial score (nSPS) is 12.0. The van der Waals surface area contributed by atoms with E-state index in [1.807, 2.05) is 0 Å². The number of halogens is 4. The minimum absolute atomic E-state index is 0.0366. The Balaban J connectivity index is 3.02. The second kappa shape index (κ2) is 5.79. The maximum Gasteiger partial charge on any atom is 0.522 e. The summed E-state index contributed by atoms with van der Waals surface area (Å²) < 4.78 is 42.0. The van der Waals surface area contributed by atoms with Gasteiger partial charge in [0.2, 0.25) is 0 Å². The molecule has 0 saturated heterocycles. The SMILES string of the molecule is FC(F)(F)OCCOCCBr. The van der Waals surface area contributed by atoms with Crippen molar-refractivity contribution in [2.45, 2.75) is 6.36 Å². The van der Waals surface area contributed by atoms with Crippen molar-refractivity contribution in [3.63, 3.8) is 0 Å². The predicted octanol–water partition coefficient (Wildman–Crippen LogP) is 1.93. The van der Waals surface area contributed by atoms with Crippen LogP contribution in [-0.4, -0.2) is 31.5 Å². The summed E-state index contributed by atoms with van der Waals surface area (Å²) in [5, 5.41) is 0.610. The van der Waals surface area contributed by atoms with Crippen LogP contribution in [0.4, 0.5) is 13.2 Å². The highest BCUT2D eigenvalue weighted by atomic mass is 79.9. The molecule has 0 aliphatic heterocycles. The highest BCUT2D eigenvalue weighted by Crippen LogP contribution is 2.15. The van der Waals surface area contributed by atoms with E-state index >= 15 is 0 Å². The molecule has 68 valence electrons. The van der Waals surface area contributed by atoms with E-state index in [0.717, 1.165) is 0 Å². The second-order valence-corrected chi connectivity index (χ2v) is 2.39. The lowest BCUT2D eigenvalue weighted by Gasteiger charge is -2.06. The quantitative estimate of drug-likeness (QED) is 0.537. The van der Waals surface area contributed by atoms with Crippen molar-refractivity contribution in [2.24, 2.45) is 0 Å². The van der Waals surface area contributed by atoms with Gasteiger partial charge in [0.15, 0.2) is 0 Å². The second-order valence-electron chi connectivity index (χ2n) is 1.60. The average Bonchev–Trinajstić information content (AvgIpc) is 1.85. The van der Waals surface area contributed by atoms with E-state index in [4.69, 9.17) is 4.74 Å². The standard InChI is InChI=1S/C5H8BrF3O2/c6-1-2-10-3-4-11-5(7,8)9/h1-4H2. The lowest BCUT2D eigenvalue weighted by molar-refractivity contribution is -0.326. The van der Waals surface area contributed by atoms with Crippen LogP contribution in [0.15, 0.2) is 0 Å². The Labute approximate surface area is 70.8 Å². The van der Waals surface area contributed by atoms with Gasteiger partial charge >= 0.3 is 6.36 Å². The van der Waals surface area contributed by atoms with Crippen molar-refractivity contribution in [1.82, 2.24) is 0 Å². The van der Waals surface area contributed by atoms with Crippen LogP contribution in [0.1, 0.15) is 0 Å². The fraction of sp³-hybridized carbons (Fsp3) is 1.00. The molecule has 0 aromatic rings. The van der Waals surface area contributed by atoms with Crippen molar-refractivity contribution in [1.29, 1.82) is 0 Å². The molecule has 0 bridgehead atoms. The van der Waals surface area contributed by atoms with Crippen molar-refractivity contribution in [3.05, 3.63) is 0 Å². The van der Waals surface area contributed by atoms with E-state index in [9.17, 15) is 13.2 Å². The third-order valence-electron chi connectivity index (χ3n) is 0.715. The Hall–Kier alpha value is 0.190. The van der Waals surface area contributed by atoms with E-state index in [1.54, 1.807) is 0 Å². The van der Waals surface area contributed by atoms with Gasteiger partial charge in [0.1, 0.15) is 0 Å². The van der Waals surface area contributed by atoms with Crippen LogP contribution in [0.5, 0.6) is 0 Å². The molecule has 0 N–H and O–H groups in total. The maximum absolute atomic E-state index is 11.3. The lowest BCUT2D eigenvalue weighted by atomic mass is 10.7. The predicted molar refractivity (Wildman–Crippen MR) is 36.6 cm³/mol. The molecule has 0 amide bonds. The number of rotatable bonds is 5. The van der Waals surface area contributed by atoms with E-state index in [0.29, 0.717) is 11.9 Å². The smallest absolute Gasteiger partial charge is 0.378 e. The van der Waals surface area contributed by atoms with Gasteiger partial charge in [-0.05, 0) is 0 Å². The fourth-order valence-corrected chi connectivity index (χ4v) is 0.602. The molecule has 0 atom stereocenters. The van der Waals surface area contributed by atoms with Gasteiger partial charge in [-0.15, -0.1) is 13.2 Å². The molecule has 0 fully saturated rings. The molecule has 0 aromatic carbocycles. The third kappa shape index (κ3) is 10.2. The minimum atomic E-state index is -4.54. The monoisotopic (exact) mass is 236 g/mol. The molecular formula is C5H8BrF3O2. The van der Waals surface area contributed by atoms with Gasteiger partial charge in [-0.2, -0.15) is 0 Å². The Morgan fingerprint density at radius 1 is 1.09 bits per heavy atom. The van der Waals surface area contributed by atoms with Gasteiger partial charge in [-0.25, -0.2) is 0 Å². The van der Waals surface area contributed by atoms with Gasteiger partial charge < -0.3 is 4.74 Å². The molecule has 6 heteroatoms. The molecule has 0 saturated carbocycles. The van der Waals surface area contributed by atoms with E-state index in [-0.39, 0.29) is 6.61 Å². The Bertz CT molecular complexity index is 96.2. The molecule has 0 aliphatic rings. The first-order valence-electron chi connectivity index (χ1n) is 2.90. The molecule has 0 aromatic heterocycles. The first kappa shape index (κ1) is 11.2. The molecule has 0 unspecified atom stereocenters. The summed E-state index contributed by atoms with van der Waals surface area (Å²) in [5.74, 6) is 0. The zero-order valence-electron chi connectivity index (χ0n) is 5.66. The minimum Gasteiger partial charge on any atom is -0.378 e. The van der Waals surface area contributed by atoms with Crippen molar-refractivity contribution < 1.29 is 22.6 Å². The molecule has 0 rings (SSSR count). The molecule has 11 heavy (non-hydrogen) atoms. The average molecular weight is 237 g/mol. The number of hydrogen-bond donors (Lipinski definition) is 0. The summed E-state index contributed by atoms with van der Waals surface area (Å²) >= 11 is 3.05. The first-order valence-corrected chi connectivity index (χ1v) is 4.03. The highest BCUT2D eigenvalue weighted by molar-refractivity contribution is 9.09. The van der Waals surface area contributed by atoms with Crippen molar-refractivity contribution >= 4 is 15.9 Å². The van der Waals surface area contributed by atoms with Gasteiger partial charge in [-0.3, -0.25) is 4.74 Å². The Morgan fingerprint density at radius 3 is 2.18 bits per heavy atom. The van der Waals surface area contributed by atoms with Crippen molar-refractivity contribution in [3.8, 4) is 0 Å². The summed E-state index contributed by atoms with van der Waals surface area (Å²) in [6, 6.07) is 0. The van der Waals surface area contributed by atoms with E-state index < -0.39 is 13.0 Å². The largest absolute Gasteiger partial charge is 0.522 e. The van der Waals surface area contributed by atoms with Crippen LogP contribution < -0.4 is 0 Å². The fourth-order valence-electron chi connectivity index (χ4n) is 0.373. The number of hydrogen-bond acceptors (Lipinski definition) is 2. The molecule has 0 aliphatic carbocycles. The number of ether oxygens (including phenoxy) is 2. The lowest BCUT2D eigenvalue weighted by Crippen LogP contribution is -2.17. The van der Waals surface area contributed by atoms with Crippen molar-refractivity contribution in [2.75, 3.05) is 25.2 Å². The topological polar surface area (TPSA) is 18.5 Å².